The van der Waals surface area contributed by atoms with Crippen LogP contribution in [-0.2, 0) is 4.79 Å². The van der Waals surface area contributed by atoms with E-state index in [1.807, 2.05) is 0 Å². The molecule has 2 rings (SSSR count). The average Bonchev–Trinajstić information content (AvgIpc) is 2.41. The molecular weight excluding hydrogens is 266 g/mol. The van der Waals surface area contributed by atoms with Crippen molar-refractivity contribution in [3.8, 4) is 5.75 Å². The molecule has 110 valence electrons. The van der Waals surface area contributed by atoms with E-state index in [1.165, 1.54) is 12.1 Å². The van der Waals surface area contributed by atoms with Crippen molar-refractivity contribution in [1.82, 2.24) is 0 Å². The Hall–Kier alpha value is -1.69. The number of carbonyl (C=O) groups excluding carboxylic acids is 1. The second-order valence-corrected chi connectivity index (χ2v) is 4.92. The average molecular weight is 284 g/mol. The number of para-hydroxylation sites is 2. The second kappa shape index (κ2) is 6.65. The lowest BCUT2D eigenvalue weighted by Crippen LogP contribution is -2.40. The summed E-state index contributed by atoms with van der Waals surface area (Å²) in [5, 5.41) is 2.64. The van der Waals surface area contributed by atoms with Gasteiger partial charge in [-0.3, -0.25) is 4.79 Å². The molecule has 1 amide bonds. The van der Waals surface area contributed by atoms with Crippen molar-refractivity contribution >= 4 is 11.6 Å². The van der Waals surface area contributed by atoms with Gasteiger partial charge in [-0.25, -0.2) is 0 Å². The van der Waals surface area contributed by atoms with E-state index >= 15 is 0 Å². The minimum Gasteiger partial charge on any atom is -0.433 e. The van der Waals surface area contributed by atoms with Crippen molar-refractivity contribution in [3.05, 3.63) is 24.3 Å². The number of halogens is 2. The summed E-state index contributed by atoms with van der Waals surface area (Å²) in [6.07, 6.45) is 3.52. The highest BCUT2D eigenvalue weighted by Crippen LogP contribution is 2.28. The highest BCUT2D eigenvalue weighted by molar-refractivity contribution is 5.94. The molecule has 6 heteroatoms. The second-order valence-electron chi connectivity index (χ2n) is 4.92. The number of amides is 1. The fourth-order valence-electron chi connectivity index (χ4n) is 2.48. The molecule has 0 bridgehead atoms. The Morgan fingerprint density at radius 2 is 2.00 bits per heavy atom. The van der Waals surface area contributed by atoms with Crippen molar-refractivity contribution in [2.45, 2.75) is 38.3 Å². The molecule has 1 aromatic carbocycles. The lowest BCUT2D eigenvalue weighted by atomic mass is 9.84. The van der Waals surface area contributed by atoms with E-state index in [0.29, 0.717) is 0 Å². The molecule has 3 N–H and O–H groups in total. The number of rotatable bonds is 4. The predicted octanol–water partition coefficient (Wildman–Crippen LogP) is 2.74. The third kappa shape index (κ3) is 3.66. The van der Waals surface area contributed by atoms with Crippen LogP contribution in [0.5, 0.6) is 5.75 Å². The molecule has 1 fully saturated rings. The van der Waals surface area contributed by atoms with E-state index in [2.05, 4.69) is 10.1 Å². The van der Waals surface area contributed by atoms with E-state index in [1.54, 1.807) is 12.1 Å². The van der Waals surface area contributed by atoms with Crippen LogP contribution in [0.25, 0.3) is 0 Å². The molecule has 2 atom stereocenters. The van der Waals surface area contributed by atoms with Crippen molar-refractivity contribution < 1.29 is 18.3 Å². The van der Waals surface area contributed by atoms with Crippen LogP contribution in [0.15, 0.2) is 24.3 Å². The van der Waals surface area contributed by atoms with E-state index in [-0.39, 0.29) is 29.3 Å². The summed E-state index contributed by atoms with van der Waals surface area (Å²) in [4.78, 5) is 12.2. The standard InChI is InChI=1S/C14H18F2N2O2/c15-14(16)20-12-8-4-3-7-11(12)18-13(19)9-5-1-2-6-10(9)17/h3-4,7-10,14H,1-2,5-6,17H2,(H,18,19). The van der Waals surface area contributed by atoms with Gasteiger partial charge < -0.3 is 15.8 Å². The first-order valence-electron chi connectivity index (χ1n) is 6.68. The number of hydrogen-bond acceptors (Lipinski definition) is 3. The van der Waals surface area contributed by atoms with Crippen LogP contribution in [0.2, 0.25) is 0 Å². The Morgan fingerprint density at radius 1 is 1.30 bits per heavy atom. The monoisotopic (exact) mass is 284 g/mol. The Kier molecular flexibility index (Phi) is 4.89. The van der Waals surface area contributed by atoms with Gasteiger partial charge in [-0.15, -0.1) is 0 Å². The van der Waals surface area contributed by atoms with Crippen molar-refractivity contribution in [2.24, 2.45) is 11.7 Å². The smallest absolute Gasteiger partial charge is 0.387 e. The normalized spacial score (nSPS) is 22.6. The van der Waals surface area contributed by atoms with Crippen molar-refractivity contribution in [2.75, 3.05) is 5.32 Å². The molecule has 0 aliphatic heterocycles. The quantitative estimate of drug-likeness (QED) is 0.893. The fraction of sp³-hybridized carbons (Fsp3) is 0.500. The van der Waals surface area contributed by atoms with Crippen LogP contribution in [0.4, 0.5) is 14.5 Å². The van der Waals surface area contributed by atoms with Crippen LogP contribution >= 0.6 is 0 Å². The first-order chi connectivity index (χ1) is 9.58. The van der Waals surface area contributed by atoms with Gasteiger partial charge in [-0.05, 0) is 25.0 Å². The Morgan fingerprint density at radius 3 is 2.70 bits per heavy atom. The first kappa shape index (κ1) is 14.7. The number of carbonyl (C=O) groups is 1. The molecule has 0 heterocycles. The number of hydrogen-bond donors (Lipinski definition) is 2. The highest BCUT2D eigenvalue weighted by Gasteiger charge is 2.28. The van der Waals surface area contributed by atoms with Gasteiger partial charge in [0.15, 0.2) is 0 Å². The molecule has 1 aliphatic carbocycles. The van der Waals surface area contributed by atoms with Gasteiger partial charge in [-0.2, -0.15) is 8.78 Å². The van der Waals surface area contributed by atoms with Crippen LogP contribution in [-0.4, -0.2) is 18.6 Å². The van der Waals surface area contributed by atoms with Crippen LogP contribution in [0.1, 0.15) is 25.7 Å². The molecule has 0 spiro atoms. The summed E-state index contributed by atoms with van der Waals surface area (Å²) >= 11 is 0. The van der Waals surface area contributed by atoms with Crippen molar-refractivity contribution in [3.63, 3.8) is 0 Å². The van der Waals surface area contributed by atoms with Gasteiger partial charge in [0.1, 0.15) is 5.75 Å². The molecule has 0 aromatic heterocycles. The molecular formula is C14H18F2N2O2. The first-order valence-corrected chi connectivity index (χ1v) is 6.68. The summed E-state index contributed by atoms with van der Waals surface area (Å²) in [5.74, 6) is -0.550. The van der Waals surface area contributed by atoms with Crippen LogP contribution in [0.3, 0.4) is 0 Å². The van der Waals surface area contributed by atoms with Crippen LogP contribution < -0.4 is 15.8 Å². The summed E-state index contributed by atoms with van der Waals surface area (Å²) < 4.78 is 29.0. The highest BCUT2D eigenvalue weighted by atomic mass is 19.3. The van der Waals surface area contributed by atoms with Gasteiger partial charge in [-0.1, -0.05) is 25.0 Å². The summed E-state index contributed by atoms with van der Waals surface area (Å²) in [6, 6.07) is 5.97. The minimum absolute atomic E-state index is 0.0415. The maximum atomic E-state index is 12.3. The molecule has 0 radical (unpaired) electrons. The van der Waals surface area contributed by atoms with E-state index in [0.717, 1.165) is 25.7 Å². The molecule has 4 nitrogen and oxygen atoms in total. The number of benzene rings is 1. The van der Waals surface area contributed by atoms with Crippen molar-refractivity contribution in [1.29, 1.82) is 0 Å². The maximum Gasteiger partial charge on any atom is 0.387 e. The maximum absolute atomic E-state index is 12.3. The Bertz CT molecular complexity index is 468. The van der Waals surface area contributed by atoms with Gasteiger partial charge >= 0.3 is 6.61 Å². The largest absolute Gasteiger partial charge is 0.433 e. The zero-order chi connectivity index (χ0) is 14.5. The van der Waals surface area contributed by atoms with Gasteiger partial charge in [0.2, 0.25) is 5.91 Å². The van der Waals surface area contributed by atoms with E-state index < -0.39 is 6.61 Å². The number of nitrogens with one attached hydrogen (secondary N) is 1. The van der Waals surface area contributed by atoms with Gasteiger partial charge in [0, 0.05) is 6.04 Å². The minimum atomic E-state index is -2.93. The summed E-state index contributed by atoms with van der Waals surface area (Å²) in [7, 11) is 0. The summed E-state index contributed by atoms with van der Waals surface area (Å²) in [5.41, 5.74) is 6.19. The number of alkyl halides is 2. The number of ether oxygens (including phenoxy) is 1. The molecule has 0 saturated heterocycles. The molecule has 1 aromatic rings. The molecule has 1 saturated carbocycles. The lowest BCUT2D eigenvalue weighted by molar-refractivity contribution is -0.121. The molecule has 1 aliphatic rings. The Labute approximate surface area is 116 Å². The third-order valence-electron chi connectivity index (χ3n) is 3.52. The molecule has 20 heavy (non-hydrogen) atoms. The topological polar surface area (TPSA) is 64.4 Å². The predicted molar refractivity (Wildman–Crippen MR) is 71.6 cm³/mol. The number of nitrogens with two attached hydrogens (primary N) is 1. The SMILES string of the molecule is NC1CCCCC1C(=O)Nc1ccccc1OC(F)F. The Balaban J connectivity index is 2.07. The van der Waals surface area contributed by atoms with Gasteiger partial charge in [0.05, 0.1) is 11.6 Å². The van der Waals surface area contributed by atoms with E-state index in [9.17, 15) is 13.6 Å². The van der Waals surface area contributed by atoms with E-state index in [4.69, 9.17) is 5.73 Å². The zero-order valence-corrected chi connectivity index (χ0v) is 11.0. The third-order valence-corrected chi connectivity index (χ3v) is 3.52. The zero-order valence-electron chi connectivity index (χ0n) is 11.0. The van der Waals surface area contributed by atoms with Gasteiger partial charge in [0.25, 0.3) is 0 Å². The lowest BCUT2D eigenvalue weighted by Gasteiger charge is -2.27. The fourth-order valence-corrected chi connectivity index (χ4v) is 2.48. The summed E-state index contributed by atoms with van der Waals surface area (Å²) in [6.45, 7) is -2.93. The van der Waals surface area contributed by atoms with Crippen LogP contribution in [0, 0.1) is 5.92 Å². The number of anilines is 1. The molecule has 2 unspecified atom stereocenters.